The number of halogens is 1. The second kappa shape index (κ2) is 9.75. The lowest BCUT2D eigenvalue weighted by Gasteiger charge is -2.03. The molecule has 0 amide bonds. The summed E-state index contributed by atoms with van der Waals surface area (Å²) in [4.78, 5) is 11.1. The fraction of sp³-hybridized carbons (Fsp3) is 0.400. The Morgan fingerprint density at radius 3 is 2.68 bits per heavy atom. The molecule has 104 valence electrons. The highest BCUT2D eigenvalue weighted by atomic mass is 79.9. The van der Waals surface area contributed by atoms with Gasteiger partial charge in [0.2, 0.25) is 0 Å². The lowest BCUT2D eigenvalue weighted by atomic mass is 10.2. The van der Waals surface area contributed by atoms with E-state index in [1.165, 1.54) is 12.7 Å². The van der Waals surface area contributed by atoms with Gasteiger partial charge in [-0.2, -0.15) is 0 Å². The maximum absolute atomic E-state index is 11.1. The standard InChI is InChI=1S/C15H19BrO3/c1-18-15(17)14(16)10-6-3-7-11-19-12-13-8-4-2-5-9-13/h2,4-5,8-10H,3,6-7,11-12H2,1H3. The van der Waals surface area contributed by atoms with E-state index in [0.717, 1.165) is 25.9 Å². The molecule has 0 saturated carbocycles. The molecule has 0 heterocycles. The quantitative estimate of drug-likeness (QED) is 0.414. The van der Waals surface area contributed by atoms with Crippen LogP contribution in [0.1, 0.15) is 24.8 Å². The van der Waals surface area contributed by atoms with Crippen LogP contribution in [-0.2, 0) is 20.9 Å². The molecule has 0 N–H and O–H groups in total. The highest BCUT2D eigenvalue weighted by Gasteiger charge is 2.03. The molecule has 3 nitrogen and oxygen atoms in total. The number of esters is 1. The largest absolute Gasteiger partial charge is 0.465 e. The Kier molecular flexibility index (Phi) is 8.18. The van der Waals surface area contributed by atoms with E-state index in [-0.39, 0.29) is 5.97 Å². The zero-order valence-electron chi connectivity index (χ0n) is 11.1. The van der Waals surface area contributed by atoms with Gasteiger partial charge in [0.1, 0.15) is 0 Å². The van der Waals surface area contributed by atoms with Crippen molar-refractivity contribution in [1.82, 2.24) is 0 Å². The monoisotopic (exact) mass is 326 g/mol. The SMILES string of the molecule is COC(=O)C(Br)=CCCCCOCc1ccccc1. The first-order valence-electron chi connectivity index (χ1n) is 6.29. The Bertz CT molecular complexity index is 401. The van der Waals surface area contributed by atoms with Gasteiger partial charge >= 0.3 is 5.97 Å². The molecule has 1 aromatic rings. The maximum atomic E-state index is 11.1. The average molecular weight is 327 g/mol. The predicted octanol–water partition coefficient (Wildman–Crippen LogP) is 3.83. The molecule has 0 bridgehead atoms. The fourth-order valence-corrected chi connectivity index (χ4v) is 1.91. The molecule has 0 unspecified atom stereocenters. The maximum Gasteiger partial charge on any atom is 0.344 e. The minimum Gasteiger partial charge on any atom is -0.465 e. The molecular weight excluding hydrogens is 308 g/mol. The van der Waals surface area contributed by atoms with Crippen molar-refractivity contribution in [3.05, 3.63) is 46.5 Å². The van der Waals surface area contributed by atoms with Crippen molar-refractivity contribution >= 4 is 21.9 Å². The minimum atomic E-state index is -0.333. The first-order chi connectivity index (χ1) is 9.24. The molecule has 0 atom stereocenters. The smallest absolute Gasteiger partial charge is 0.344 e. The van der Waals surface area contributed by atoms with Crippen LogP contribution >= 0.6 is 15.9 Å². The molecule has 0 aliphatic heterocycles. The highest BCUT2D eigenvalue weighted by molar-refractivity contribution is 9.12. The van der Waals surface area contributed by atoms with Crippen LogP contribution in [0.4, 0.5) is 0 Å². The molecule has 0 fully saturated rings. The van der Waals surface area contributed by atoms with E-state index in [4.69, 9.17) is 4.74 Å². The molecule has 0 aromatic heterocycles. The van der Waals surface area contributed by atoms with Crippen molar-refractivity contribution in [2.24, 2.45) is 0 Å². The number of methoxy groups -OCH3 is 1. The predicted molar refractivity (Wildman–Crippen MR) is 79.0 cm³/mol. The molecule has 1 aromatic carbocycles. The Balaban J connectivity index is 2.04. The summed E-state index contributed by atoms with van der Waals surface area (Å²) in [7, 11) is 1.37. The summed E-state index contributed by atoms with van der Waals surface area (Å²) in [5.41, 5.74) is 1.19. The molecule has 0 aliphatic carbocycles. The van der Waals surface area contributed by atoms with Gasteiger partial charge in [-0.1, -0.05) is 36.4 Å². The van der Waals surface area contributed by atoms with Crippen molar-refractivity contribution in [3.8, 4) is 0 Å². The van der Waals surface area contributed by atoms with Gasteiger partial charge in [0, 0.05) is 6.61 Å². The normalized spacial score (nSPS) is 11.4. The third-order valence-electron chi connectivity index (χ3n) is 2.56. The van der Waals surface area contributed by atoms with Crippen LogP contribution in [0.25, 0.3) is 0 Å². The molecule has 0 saturated heterocycles. The van der Waals surface area contributed by atoms with Gasteiger partial charge in [0.15, 0.2) is 0 Å². The second-order valence-electron chi connectivity index (χ2n) is 4.08. The number of rotatable bonds is 8. The molecule has 0 aliphatic rings. The Morgan fingerprint density at radius 2 is 2.00 bits per heavy atom. The third kappa shape index (κ3) is 7.13. The lowest BCUT2D eigenvalue weighted by molar-refractivity contribution is -0.135. The minimum absolute atomic E-state index is 0.333. The Hall–Kier alpha value is -1.13. The average Bonchev–Trinajstić information content (AvgIpc) is 2.46. The second-order valence-corrected chi connectivity index (χ2v) is 4.93. The van der Waals surface area contributed by atoms with Gasteiger partial charge in [0.05, 0.1) is 18.2 Å². The summed E-state index contributed by atoms with van der Waals surface area (Å²) < 4.78 is 10.6. The first-order valence-corrected chi connectivity index (χ1v) is 7.09. The van der Waals surface area contributed by atoms with Crippen molar-refractivity contribution in [2.75, 3.05) is 13.7 Å². The van der Waals surface area contributed by atoms with Crippen LogP contribution in [0.15, 0.2) is 40.9 Å². The molecular formula is C15H19BrO3. The van der Waals surface area contributed by atoms with Crippen LogP contribution in [0.3, 0.4) is 0 Å². The summed E-state index contributed by atoms with van der Waals surface area (Å²) in [6.45, 7) is 1.39. The number of unbranched alkanes of at least 4 members (excludes halogenated alkanes) is 2. The zero-order chi connectivity index (χ0) is 13.9. The summed E-state index contributed by atoms with van der Waals surface area (Å²) in [6.07, 6.45) is 4.64. The van der Waals surface area contributed by atoms with Crippen molar-refractivity contribution in [1.29, 1.82) is 0 Å². The lowest BCUT2D eigenvalue weighted by Crippen LogP contribution is -1.99. The number of hydrogen-bond acceptors (Lipinski definition) is 3. The molecule has 4 heteroatoms. The van der Waals surface area contributed by atoms with Crippen molar-refractivity contribution in [3.63, 3.8) is 0 Å². The number of benzene rings is 1. The van der Waals surface area contributed by atoms with E-state index in [9.17, 15) is 4.79 Å². The number of allylic oxidation sites excluding steroid dienone is 1. The van der Waals surface area contributed by atoms with Crippen molar-refractivity contribution < 1.29 is 14.3 Å². The van der Waals surface area contributed by atoms with E-state index in [2.05, 4.69) is 32.8 Å². The van der Waals surface area contributed by atoms with Crippen LogP contribution in [0.2, 0.25) is 0 Å². The summed E-state index contributed by atoms with van der Waals surface area (Å²) in [6, 6.07) is 10.1. The number of carbonyl (C=O) groups is 1. The van der Waals surface area contributed by atoms with Gasteiger partial charge in [-0.05, 0) is 40.8 Å². The topological polar surface area (TPSA) is 35.5 Å². The van der Waals surface area contributed by atoms with E-state index in [1.807, 2.05) is 24.3 Å². The van der Waals surface area contributed by atoms with E-state index in [0.29, 0.717) is 11.1 Å². The molecule has 0 spiro atoms. The number of ether oxygens (including phenoxy) is 2. The molecule has 1 rings (SSSR count). The fourth-order valence-electron chi connectivity index (χ4n) is 1.52. The van der Waals surface area contributed by atoms with Gasteiger partial charge in [-0.25, -0.2) is 4.79 Å². The van der Waals surface area contributed by atoms with E-state index in [1.54, 1.807) is 0 Å². The Morgan fingerprint density at radius 1 is 1.26 bits per heavy atom. The van der Waals surface area contributed by atoms with E-state index < -0.39 is 0 Å². The van der Waals surface area contributed by atoms with Gasteiger partial charge < -0.3 is 9.47 Å². The van der Waals surface area contributed by atoms with E-state index >= 15 is 0 Å². The number of carbonyl (C=O) groups excluding carboxylic acids is 1. The van der Waals surface area contributed by atoms with Gasteiger partial charge in [-0.15, -0.1) is 0 Å². The van der Waals surface area contributed by atoms with Crippen LogP contribution in [0.5, 0.6) is 0 Å². The van der Waals surface area contributed by atoms with Crippen LogP contribution < -0.4 is 0 Å². The number of hydrogen-bond donors (Lipinski definition) is 0. The zero-order valence-corrected chi connectivity index (χ0v) is 12.7. The summed E-state index contributed by atoms with van der Waals surface area (Å²) in [5.74, 6) is -0.333. The summed E-state index contributed by atoms with van der Waals surface area (Å²) in [5, 5.41) is 0. The summed E-state index contributed by atoms with van der Waals surface area (Å²) >= 11 is 3.17. The van der Waals surface area contributed by atoms with Crippen LogP contribution in [0, 0.1) is 0 Å². The molecule has 19 heavy (non-hydrogen) atoms. The van der Waals surface area contributed by atoms with Gasteiger partial charge in [-0.3, -0.25) is 0 Å². The Labute approximate surface area is 122 Å². The molecule has 0 radical (unpaired) electrons. The highest BCUT2D eigenvalue weighted by Crippen LogP contribution is 2.10. The van der Waals surface area contributed by atoms with Crippen LogP contribution in [-0.4, -0.2) is 19.7 Å². The first kappa shape index (κ1) is 15.9. The third-order valence-corrected chi connectivity index (χ3v) is 3.21. The van der Waals surface area contributed by atoms with Gasteiger partial charge in [0.25, 0.3) is 0 Å². The van der Waals surface area contributed by atoms with Crippen molar-refractivity contribution in [2.45, 2.75) is 25.9 Å².